The number of carbonyl (C=O) groups is 1. The Labute approximate surface area is 133 Å². The third-order valence-corrected chi connectivity index (χ3v) is 3.42. The second-order valence-electron chi connectivity index (χ2n) is 6.83. The van der Waals surface area contributed by atoms with Crippen LogP contribution in [0.4, 0.5) is 4.79 Å². The van der Waals surface area contributed by atoms with E-state index in [-0.39, 0.29) is 6.09 Å². The highest BCUT2D eigenvalue weighted by molar-refractivity contribution is 5.67. The number of nitrogens with one attached hydrogen (secondary N) is 1. The van der Waals surface area contributed by atoms with Gasteiger partial charge in [-0.1, -0.05) is 0 Å². The van der Waals surface area contributed by atoms with Crippen LogP contribution in [0.3, 0.4) is 0 Å². The van der Waals surface area contributed by atoms with E-state index in [0.717, 1.165) is 25.2 Å². The van der Waals surface area contributed by atoms with Crippen LogP contribution in [0.25, 0.3) is 0 Å². The molecule has 1 amide bonds. The van der Waals surface area contributed by atoms with Crippen LogP contribution in [0, 0.1) is 0 Å². The molecule has 6 heteroatoms. The molecular weight excluding hydrogens is 280 g/mol. The van der Waals surface area contributed by atoms with E-state index < -0.39 is 5.60 Å². The molecule has 0 saturated carbocycles. The normalized spacial score (nSPS) is 12.0. The molecule has 0 bridgehead atoms. The standard InChI is InChI=1S/C16H30N4O2/c1-13(2)19(6)9-10-20-12-17-11-14(20)7-8-18-15(21)22-16(3,4)5/h11-13H,7-10H2,1-6H3,(H,18,21). The van der Waals surface area contributed by atoms with Crippen molar-refractivity contribution in [1.82, 2.24) is 19.8 Å². The van der Waals surface area contributed by atoms with Crippen LogP contribution in [0.15, 0.2) is 12.5 Å². The SMILES string of the molecule is CC(C)N(C)CCn1cncc1CCNC(=O)OC(C)(C)C. The van der Waals surface area contributed by atoms with Crippen LogP contribution in [-0.4, -0.2) is 52.3 Å². The predicted octanol–water partition coefficient (Wildman–Crippen LogP) is 2.29. The van der Waals surface area contributed by atoms with Gasteiger partial charge in [-0.05, 0) is 41.7 Å². The maximum absolute atomic E-state index is 11.6. The Hall–Kier alpha value is -1.56. The average Bonchev–Trinajstić information content (AvgIpc) is 2.81. The predicted molar refractivity (Wildman–Crippen MR) is 87.9 cm³/mol. The Morgan fingerprint density at radius 1 is 1.45 bits per heavy atom. The largest absolute Gasteiger partial charge is 0.444 e. The average molecular weight is 310 g/mol. The molecule has 6 nitrogen and oxygen atoms in total. The second kappa shape index (κ2) is 8.17. The van der Waals surface area contributed by atoms with Crippen molar-refractivity contribution in [2.45, 2.75) is 59.2 Å². The van der Waals surface area contributed by atoms with Crippen molar-refractivity contribution in [3.63, 3.8) is 0 Å². The van der Waals surface area contributed by atoms with E-state index in [1.807, 2.05) is 33.3 Å². The van der Waals surface area contributed by atoms with E-state index in [0.29, 0.717) is 12.6 Å². The zero-order valence-electron chi connectivity index (χ0n) is 14.7. The molecule has 0 aliphatic rings. The van der Waals surface area contributed by atoms with Gasteiger partial charge in [0, 0.05) is 44.0 Å². The number of nitrogens with zero attached hydrogens (tertiary/aromatic N) is 3. The highest BCUT2D eigenvalue weighted by Crippen LogP contribution is 2.06. The van der Waals surface area contributed by atoms with Crippen molar-refractivity contribution in [3.8, 4) is 0 Å². The minimum atomic E-state index is -0.465. The second-order valence-corrected chi connectivity index (χ2v) is 6.83. The summed E-state index contributed by atoms with van der Waals surface area (Å²) in [6.07, 6.45) is 4.06. The number of likely N-dealkylation sites (N-methyl/N-ethyl adjacent to an activating group) is 1. The molecule has 0 radical (unpaired) electrons. The summed E-state index contributed by atoms with van der Waals surface area (Å²) in [7, 11) is 2.12. The first kappa shape index (κ1) is 18.5. The van der Waals surface area contributed by atoms with E-state index >= 15 is 0 Å². The Morgan fingerprint density at radius 3 is 2.73 bits per heavy atom. The lowest BCUT2D eigenvalue weighted by Crippen LogP contribution is -2.34. The maximum atomic E-state index is 11.6. The molecule has 0 aromatic carbocycles. The summed E-state index contributed by atoms with van der Waals surface area (Å²) in [6.45, 7) is 12.3. The van der Waals surface area contributed by atoms with Gasteiger partial charge in [0.2, 0.25) is 0 Å². The summed E-state index contributed by atoms with van der Waals surface area (Å²) in [5, 5.41) is 2.78. The van der Waals surface area contributed by atoms with Crippen LogP contribution < -0.4 is 5.32 Å². The Bertz CT molecular complexity index is 463. The van der Waals surface area contributed by atoms with Gasteiger partial charge in [0.15, 0.2) is 0 Å². The number of hydrogen-bond acceptors (Lipinski definition) is 4. The highest BCUT2D eigenvalue weighted by Gasteiger charge is 2.15. The van der Waals surface area contributed by atoms with Crippen LogP contribution in [-0.2, 0) is 17.7 Å². The fourth-order valence-corrected chi connectivity index (χ4v) is 1.89. The molecule has 0 aliphatic carbocycles. The number of rotatable bonds is 7. The Kier molecular flexibility index (Phi) is 6.87. The van der Waals surface area contributed by atoms with Gasteiger partial charge in [-0.15, -0.1) is 0 Å². The summed E-state index contributed by atoms with van der Waals surface area (Å²) in [4.78, 5) is 18.1. The zero-order valence-corrected chi connectivity index (χ0v) is 14.7. The molecule has 126 valence electrons. The first-order valence-corrected chi connectivity index (χ1v) is 7.85. The minimum absolute atomic E-state index is 0.377. The Balaban J connectivity index is 2.38. The smallest absolute Gasteiger partial charge is 0.407 e. The fourth-order valence-electron chi connectivity index (χ4n) is 1.89. The summed E-state index contributed by atoms with van der Waals surface area (Å²) in [5.74, 6) is 0. The van der Waals surface area contributed by atoms with Gasteiger partial charge >= 0.3 is 6.09 Å². The third-order valence-electron chi connectivity index (χ3n) is 3.42. The van der Waals surface area contributed by atoms with Gasteiger partial charge in [0.05, 0.1) is 6.33 Å². The Morgan fingerprint density at radius 2 is 2.14 bits per heavy atom. The molecule has 1 aromatic heterocycles. The van der Waals surface area contributed by atoms with Crippen molar-refractivity contribution in [2.75, 3.05) is 20.1 Å². The topological polar surface area (TPSA) is 59.4 Å². The molecule has 0 saturated heterocycles. The maximum Gasteiger partial charge on any atom is 0.407 e. The van der Waals surface area contributed by atoms with E-state index in [4.69, 9.17) is 4.74 Å². The molecule has 1 aromatic rings. The molecular formula is C16H30N4O2. The number of ether oxygens (including phenoxy) is 1. The van der Waals surface area contributed by atoms with Crippen LogP contribution in [0.1, 0.15) is 40.3 Å². The van der Waals surface area contributed by atoms with Gasteiger partial charge < -0.3 is 19.5 Å². The fraction of sp³-hybridized carbons (Fsp3) is 0.750. The first-order valence-electron chi connectivity index (χ1n) is 7.85. The number of aromatic nitrogens is 2. The summed E-state index contributed by atoms with van der Waals surface area (Å²) in [6, 6.07) is 0.529. The van der Waals surface area contributed by atoms with Crippen LogP contribution >= 0.6 is 0 Å². The van der Waals surface area contributed by atoms with Crippen LogP contribution in [0.5, 0.6) is 0 Å². The van der Waals surface area contributed by atoms with E-state index in [1.54, 1.807) is 0 Å². The molecule has 1 N–H and O–H groups in total. The summed E-state index contributed by atoms with van der Waals surface area (Å²) < 4.78 is 7.35. The number of carbonyl (C=O) groups excluding carboxylic acids is 1. The molecule has 0 atom stereocenters. The van der Waals surface area contributed by atoms with Crippen molar-refractivity contribution in [2.24, 2.45) is 0 Å². The van der Waals surface area contributed by atoms with Gasteiger partial charge in [0.25, 0.3) is 0 Å². The highest BCUT2D eigenvalue weighted by atomic mass is 16.6. The quantitative estimate of drug-likeness (QED) is 0.839. The molecule has 0 aliphatic heterocycles. The lowest BCUT2D eigenvalue weighted by molar-refractivity contribution is 0.0528. The van der Waals surface area contributed by atoms with Crippen molar-refractivity contribution in [1.29, 1.82) is 0 Å². The van der Waals surface area contributed by atoms with Gasteiger partial charge in [0.1, 0.15) is 5.60 Å². The molecule has 22 heavy (non-hydrogen) atoms. The van der Waals surface area contributed by atoms with Gasteiger partial charge in [-0.2, -0.15) is 0 Å². The molecule has 1 heterocycles. The summed E-state index contributed by atoms with van der Waals surface area (Å²) in [5.41, 5.74) is 0.654. The van der Waals surface area contributed by atoms with E-state index in [9.17, 15) is 4.79 Å². The van der Waals surface area contributed by atoms with Gasteiger partial charge in [-0.3, -0.25) is 0 Å². The van der Waals surface area contributed by atoms with E-state index in [1.165, 1.54) is 0 Å². The third kappa shape index (κ3) is 6.93. The number of imidazole rings is 1. The summed E-state index contributed by atoms with van der Waals surface area (Å²) >= 11 is 0. The first-order chi connectivity index (χ1) is 10.2. The van der Waals surface area contributed by atoms with E-state index in [2.05, 4.69) is 40.7 Å². The monoisotopic (exact) mass is 310 g/mol. The minimum Gasteiger partial charge on any atom is -0.444 e. The molecule has 0 fully saturated rings. The van der Waals surface area contributed by atoms with Crippen LogP contribution in [0.2, 0.25) is 0 Å². The van der Waals surface area contributed by atoms with Gasteiger partial charge in [-0.25, -0.2) is 9.78 Å². The van der Waals surface area contributed by atoms with Crippen molar-refractivity contribution < 1.29 is 9.53 Å². The number of amides is 1. The molecule has 0 unspecified atom stereocenters. The van der Waals surface area contributed by atoms with Crippen molar-refractivity contribution >= 4 is 6.09 Å². The molecule has 0 spiro atoms. The zero-order chi connectivity index (χ0) is 16.8. The lowest BCUT2D eigenvalue weighted by atomic mass is 10.2. The number of hydrogen-bond donors (Lipinski definition) is 1. The van der Waals surface area contributed by atoms with Crippen molar-refractivity contribution in [3.05, 3.63) is 18.2 Å². The lowest BCUT2D eigenvalue weighted by Gasteiger charge is -2.21. The molecule has 1 rings (SSSR count). The number of alkyl carbamates (subject to hydrolysis) is 1.